The van der Waals surface area contributed by atoms with Crippen LogP contribution in [-0.2, 0) is 16.0 Å². The minimum absolute atomic E-state index is 0.172. The highest BCUT2D eigenvalue weighted by molar-refractivity contribution is 6.32. The van der Waals surface area contributed by atoms with Crippen LogP contribution in [0.1, 0.15) is 5.69 Å². The summed E-state index contributed by atoms with van der Waals surface area (Å²) in [6.45, 7) is 0. The highest BCUT2D eigenvalue weighted by Gasteiger charge is 2.06. The third kappa shape index (κ3) is 2.75. The summed E-state index contributed by atoms with van der Waals surface area (Å²) in [7, 11) is 7.06. The quantitative estimate of drug-likeness (QED) is 0.561. The Morgan fingerprint density at radius 1 is 1.53 bits per heavy atom. The molecule has 1 aromatic heterocycles. The Balaban J connectivity index is 2.21. The molecule has 17 heavy (non-hydrogen) atoms. The maximum Gasteiger partial charge on any atom is 0.311 e. The lowest BCUT2D eigenvalue weighted by Gasteiger charge is -2.02. The van der Waals surface area contributed by atoms with Crippen molar-refractivity contribution in [3.05, 3.63) is 42.5 Å². The molecule has 1 aromatic carbocycles. The molecule has 0 N–H and O–H groups in total. The van der Waals surface area contributed by atoms with Crippen LogP contribution in [-0.4, -0.2) is 30.5 Å². The average molecular weight is 226 g/mol. The van der Waals surface area contributed by atoms with E-state index in [2.05, 4.69) is 9.72 Å². The third-order valence-electron chi connectivity index (χ3n) is 2.36. The van der Waals surface area contributed by atoms with Gasteiger partial charge in [-0.1, -0.05) is 17.6 Å². The number of carbonyl (C=O) groups excluding carboxylic acids is 1. The van der Waals surface area contributed by atoms with Crippen molar-refractivity contribution in [1.29, 1.82) is 0 Å². The van der Waals surface area contributed by atoms with Crippen LogP contribution < -0.4 is 5.46 Å². The first-order valence-electron chi connectivity index (χ1n) is 5.14. The van der Waals surface area contributed by atoms with Gasteiger partial charge in [-0.3, -0.25) is 4.79 Å². The van der Waals surface area contributed by atoms with Gasteiger partial charge in [0.05, 0.1) is 25.6 Å². The Labute approximate surface area is 101 Å². The second-order valence-electron chi connectivity index (χ2n) is 3.62. The maximum atomic E-state index is 11.1. The zero-order chi connectivity index (χ0) is 12.3. The number of hydrogen-bond donors (Lipinski definition) is 0. The summed E-state index contributed by atoms with van der Waals surface area (Å²) in [4.78, 5) is 15.2. The van der Waals surface area contributed by atoms with E-state index in [1.54, 1.807) is 12.5 Å². The molecule has 5 heteroatoms. The fourth-order valence-corrected chi connectivity index (χ4v) is 1.50. The highest BCUT2D eigenvalue weighted by atomic mass is 16.5. The lowest BCUT2D eigenvalue weighted by Crippen LogP contribution is -2.05. The Bertz CT molecular complexity index is 537. The number of aromatic nitrogens is 2. The molecule has 0 aliphatic rings. The minimum atomic E-state index is -0.303. The molecule has 0 saturated carbocycles. The van der Waals surface area contributed by atoms with Crippen molar-refractivity contribution in [3.8, 4) is 5.69 Å². The van der Waals surface area contributed by atoms with Crippen LogP contribution in [0.25, 0.3) is 5.69 Å². The van der Waals surface area contributed by atoms with Crippen molar-refractivity contribution in [2.45, 2.75) is 6.42 Å². The zero-order valence-electron chi connectivity index (χ0n) is 9.46. The fraction of sp³-hybridized carbons (Fsp3) is 0.167. The van der Waals surface area contributed by atoms with Gasteiger partial charge in [-0.05, 0) is 12.1 Å². The number of esters is 1. The smallest absolute Gasteiger partial charge is 0.311 e. The van der Waals surface area contributed by atoms with Crippen molar-refractivity contribution in [1.82, 2.24) is 9.55 Å². The lowest BCUT2D eigenvalue weighted by molar-refractivity contribution is -0.139. The zero-order valence-corrected chi connectivity index (χ0v) is 9.46. The van der Waals surface area contributed by atoms with Crippen LogP contribution in [0.2, 0.25) is 0 Å². The van der Waals surface area contributed by atoms with E-state index in [1.807, 2.05) is 28.8 Å². The van der Waals surface area contributed by atoms with Crippen LogP contribution in [0.3, 0.4) is 0 Å². The lowest BCUT2D eigenvalue weighted by atomic mass is 9.96. The normalized spacial score (nSPS) is 10.2. The summed E-state index contributed by atoms with van der Waals surface area (Å²) >= 11 is 0. The topological polar surface area (TPSA) is 44.1 Å². The van der Waals surface area contributed by atoms with Crippen LogP contribution in [0.15, 0.2) is 36.8 Å². The molecule has 0 aliphatic carbocycles. The van der Waals surface area contributed by atoms with Crippen molar-refractivity contribution < 1.29 is 9.53 Å². The number of rotatable bonds is 3. The van der Waals surface area contributed by atoms with Crippen molar-refractivity contribution in [2.24, 2.45) is 0 Å². The minimum Gasteiger partial charge on any atom is -0.469 e. The summed E-state index contributed by atoms with van der Waals surface area (Å²) < 4.78 is 6.39. The number of carbonyl (C=O) groups is 1. The summed E-state index contributed by atoms with van der Waals surface area (Å²) in [6, 6.07) is 7.43. The van der Waals surface area contributed by atoms with Gasteiger partial charge in [-0.25, -0.2) is 4.98 Å². The molecule has 0 atom stereocenters. The van der Waals surface area contributed by atoms with Gasteiger partial charge in [0.2, 0.25) is 0 Å². The van der Waals surface area contributed by atoms with Gasteiger partial charge < -0.3 is 9.30 Å². The number of benzene rings is 1. The van der Waals surface area contributed by atoms with Gasteiger partial charge >= 0.3 is 5.97 Å². The summed E-state index contributed by atoms with van der Waals surface area (Å²) in [5.74, 6) is -0.303. The first-order valence-corrected chi connectivity index (χ1v) is 5.14. The second kappa shape index (κ2) is 4.87. The number of ether oxygens (including phenoxy) is 1. The Morgan fingerprint density at radius 3 is 3.06 bits per heavy atom. The molecule has 0 spiro atoms. The molecule has 2 radical (unpaired) electrons. The predicted molar refractivity (Wildman–Crippen MR) is 64.7 cm³/mol. The first kappa shape index (κ1) is 11.5. The number of methoxy groups -OCH3 is 1. The SMILES string of the molecule is [B]c1cccc(-n2cnc(CC(=O)OC)c2)c1. The predicted octanol–water partition coefficient (Wildman–Crippen LogP) is 0.382. The Hall–Kier alpha value is -2.04. The number of imidazole rings is 1. The number of hydrogen-bond acceptors (Lipinski definition) is 3. The van der Waals surface area contributed by atoms with Crippen LogP contribution in [0.4, 0.5) is 0 Å². The molecule has 0 fully saturated rings. The van der Waals surface area contributed by atoms with E-state index in [1.165, 1.54) is 7.11 Å². The monoisotopic (exact) mass is 226 g/mol. The van der Waals surface area contributed by atoms with Gasteiger partial charge in [-0.15, -0.1) is 0 Å². The van der Waals surface area contributed by atoms with Crippen LogP contribution >= 0.6 is 0 Å². The summed E-state index contributed by atoms with van der Waals surface area (Å²) in [5.41, 5.74) is 2.26. The van der Waals surface area contributed by atoms with Gasteiger partial charge in [-0.2, -0.15) is 0 Å². The van der Waals surface area contributed by atoms with Crippen LogP contribution in [0, 0.1) is 0 Å². The fourth-order valence-electron chi connectivity index (χ4n) is 1.50. The molecular formula is C12H11BN2O2. The van der Waals surface area contributed by atoms with Gasteiger partial charge in [0, 0.05) is 11.9 Å². The van der Waals surface area contributed by atoms with E-state index >= 15 is 0 Å². The second-order valence-corrected chi connectivity index (χ2v) is 3.62. The largest absolute Gasteiger partial charge is 0.469 e. The highest BCUT2D eigenvalue weighted by Crippen LogP contribution is 2.07. The number of nitrogens with zero attached hydrogens (tertiary/aromatic N) is 2. The van der Waals surface area contributed by atoms with Gasteiger partial charge in [0.25, 0.3) is 0 Å². The van der Waals surface area contributed by atoms with Crippen molar-refractivity contribution in [2.75, 3.05) is 7.11 Å². The molecule has 0 bridgehead atoms. The van der Waals surface area contributed by atoms with E-state index in [9.17, 15) is 4.79 Å². The van der Waals surface area contributed by atoms with E-state index in [-0.39, 0.29) is 12.4 Å². The van der Waals surface area contributed by atoms with Crippen molar-refractivity contribution >= 4 is 19.3 Å². The van der Waals surface area contributed by atoms with E-state index in [0.717, 1.165) is 5.69 Å². The Kier molecular flexibility index (Phi) is 3.28. The van der Waals surface area contributed by atoms with Crippen LogP contribution in [0.5, 0.6) is 0 Å². The van der Waals surface area contributed by atoms with Gasteiger partial charge in [0.1, 0.15) is 7.85 Å². The molecule has 2 aromatic rings. The molecule has 4 nitrogen and oxygen atoms in total. The molecule has 84 valence electrons. The summed E-state index contributed by atoms with van der Waals surface area (Å²) in [6.07, 6.45) is 3.60. The molecule has 1 heterocycles. The molecule has 0 saturated heterocycles. The summed E-state index contributed by atoms with van der Waals surface area (Å²) in [5, 5.41) is 0. The Morgan fingerprint density at radius 2 is 2.35 bits per heavy atom. The van der Waals surface area contributed by atoms with E-state index < -0.39 is 0 Å². The molecule has 0 aliphatic heterocycles. The maximum absolute atomic E-state index is 11.1. The first-order chi connectivity index (χ1) is 8.19. The van der Waals surface area contributed by atoms with E-state index in [0.29, 0.717) is 11.2 Å². The molecular weight excluding hydrogens is 215 g/mol. The molecule has 2 rings (SSSR count). The van der Waals surface area contributed by atoms with Gasteiger partial charge in [0.15, 0.2) is 0 Å². The molecule has 0 amide bonds. The standard InChI is InChI=1S/C12H11BN2O2/c1-17-12(16)6-10-7-15(8-14-10)11-4-2-3-9(13)5-11/h2-5,7-8H,6H2,1H3. The molecule has 0 unspecified atom stereocenters. The van der Waals surface area contributed by atoms with Crippen molar-refractivity contribution in [3.63, 3.8) is 0 Å². The van der Waals surface area contributed by atoms with E-state index in [4.69, 9.17) is 7.85 Å². The third-order valence-corrected chi connectivity index (χ3v) is 2.36. The average Bonchev–Trinajstić information content (AvgIpc) is 2.77.